The van der Waals surface area contributed by atoms with Gasteiger partial charge in [-0.2, -0.15) is 0 Å². The lowest BCUT2D eigenvalue weighted by atomic mass is 10.2. The monoisotopic (exact) mass is 328 g/mol. The van der Waals surface area contributed by atoms with E-state index in [-0.39, 0.29) is 16.7 Å². The van der Waals surface area contributed by atoms with Crippen LogP contribution in [0.4, 0.5) is 0 Å². The minimum atomic E-state index is -0.0734. The van der Waals surface area contributed by atoms with Crippen LogP contribution in [0.1, 0.15) is 13.3 Å². The number of rotatable bonds is 5. The molecular weight excluding hydrogens is 312 g/mol. The molecule has 0 aliphatic carbocycles. The molecule has 0 atom stereocenters. The van der Waals surface area contributed by atoms with Gasteiger partial charge in [0, 0.05) is 21.8 Å². The van der Waals surface area contributed by atoms with Crippen molar-refractivity contribution < 1.29 is 9.59 Å². The molecular formula is C18H16O2S2. The van der Waals surface area contributed by atoms with Crippen molar-refractivity contribution in [3.63, 3.8) is 0 Å². The van der Waals surface area contributed by atoms with E-state index in [0.717, 1.165) is 21.6 Å². The summed E-state index contributed by atoms with van der Waals surface area (Å²) in [5.74, 6) is 0. The molecule has 0 aromatic heterocycles. The molecule has 0 saturated carbocycles. The molecule has 0 unspecified atom stereocenters. The maximum Gasteiger partial charge on any atom is 0.220 e. The molecule has 0 radical (unpaired) electrons. The minimum Gasteiger partial charge on any atom is -0.286 e. The Labute approximate surface area is 139 Å². The van der Waals surface area contributed by atoms with Gasteiger partial charge in [0.2, 0.25) is 5.12 Å². The van der Waals surface area contributed by atoms with E-state index < -0.39 is 0 Å². The summed E-state index contributed by atoms with van der Waals surface area (Å²) in [7, 11) is 0. The van der Waals surface area contributed by atoms with Crippen LogP contribution in [-0.4, -0.2) is 10.2 Å². The number of hydrogen-bond donors (Lipinski definition) is 0. The van der Waals surface area contributed by atoms with E-state index in [1.54, 1.807) is 13.0 Å². The zero-order chi connectivity index (χ0) is 15.8. The van der Waals surface area contributed by atoms with Crippen molar-refractivity contribution in [1.82, 2.24) is 0 Å². The van der Waals surface area contributed by atoms with Gasteiger partial charge in [-0.15, -0.1) is 0 Å². The number of carbonyl (C=O) groups is 2. The molecule has 0 N–H and O–H groups in total. The Morgan fingerprint density at radius 2 is 1.36 bits per heavy atom. The molecule has 2 nitrogen and oxygen atoms in total. The molecule has 0 bridgehead atoms. The summed E-state index contributed by atoms with van der Waals surface area (Å²) in [4.78, 5) is 26.1. The molecule has 2 aromatic rings. The fraction of sp³-hybridized carbons (Fsp3) is 0.111. The van der Waals surface area contributed by atoms with E-state index in [2.05, 4.69) is 0 Å². The van der Waals surface area contributed by atoms with Crippen LogP contribution in [0.5, 0.6) is 0 Å². The molecule has 0 aliphatic rings. The molecule has 0 spiro atoms. The van der Waals surface area contributed by atoms with Gasteiger partial charge in [0.05, 0.1) is 0 Å². The summed E-state index contributed by atoms with van der Waals surface area (Å²) in [5.41, 5.74) is 0.544. The van der Waals surface area contributed by atoms with E-state index >= 15 is 0 Å². The average molecular weight is 328 g/mol. The molecule has 2 rings (SSSR count). The van der Waals surface area contributed by atoms with Crippen LogP contribution in [-0.2, 0) is 9.59 Å². The predicted molar refractivity (Wildman–Crippen MR) is 93.0 cm³/mol. The van der Waals surface area contributed by atoms with Gasteiger partial charge in [-0.05, 0) is 43.0 Å². The van der Waals surface area contributed by atoms with E-state index in [0.29, 0.717) is 5.57 Å². The lowest BCUT2D eigenvalue weighted by molar-refractivity contribution is -0.112. The van der Waals surface area contributed by atoms with Crippen molar-refractivity contribution in [3.05, 3.63) is 72.3 Å². The van der Waals surface area contributed by atoms with E-state index in [4.69, 9.17) is 0 Å². The first-order valence-corrected chi connectivity index (χ1v) is 8.50. The predicted octanol–water partition coefficient (Wildman–Crippen LogP) is 4.96. The third kappa shape index (κ3) is 5.20. The average Bonchev–Trinajstić information content (AvgIpc) is 2.54. The third-order valence-electron chi connectivity index (χ3n) is 2.87. The fourth-order valence-electron chi connectivity index (χ4n) is 1.76. The largest absolute Gasteiger partial charge is 0.286 e. The number of carbonyl (C=O) groups excluding carboxylic acids is 2. The Kier molecular flexibility index (Phi) is 6.49. The summed E-state index contributed by atoms with van der Waals surface area (Å²) in [6, 6.07) is 18.9. The highest BCUT2D eigenvalue weighted by atomic mass is 32.2. The van der Waals surface area contributed by atoms with Crippen LogP contribution < -0.4 is 0 Å². The Balaban J connectivity index is 1.94. The van der Waals surface area contributed by atoms with Gasteiger partial charge < -0.3 is 0 Å². The van der Waals surface area contributed by atoms with Gasteiger partial charge in [-0.3, -0.25) is 9.59 Å². The molecule has 112 valence electrons. The van der Waals surface area contributed by atoms with E-state index in [1.807, 2.05) is 60.7 Å². The number of benzene rings is 2. The van der Waals surface area contributed by atoms with Gasteiger partial charge in [0.1, 0.15) is 0 Å². The quantitative estimate of drug-likeness (QED) is 0.574. The molecule has 0 aliphatic heterocycles. The van der Waals surface area contributed by atoms with Crippen molar-refractivity contribution in [3.8, 4) is 0 Å². The lowest BCUT2D eigenvalue weighted by Gasteiger charge is -2.05. The van der Waals surface area contributed by atoms with Crippen molar-refractivity contribution in [2.45, 2.75) is 23.1 Å². The van der Waals surface area contributed by atoms with Gasteiger partial charge in [0.15, 0.2) is 5.12 Å². The number of thioether (sulfide) groups is 2. The van der Waals surface area contributed by atoms with Crippen LogP contribution in [0.25, 0.3) is 0 Å². The minimum absolute atomic E-state index is 0.0266. The van der Waals surface area contributed by atoms with Crippen LogP contribution in [0.2, 0.25) is 0 Å². The van der Waals surface area contributed by atoms with Gasteiger partial charge in [-0.25, -0.2) is 0 Å². The lowest BCUT2D eigenvalue weighted by Crippen LogP contribution is -2.03. The van der Waals surface area contributed by atoms with Crippen LogP contribution >= 0.6 is 23.5 Å². The zero-order valence-electron chi connectivity index (χ0n) is 12.2. The molecule has 4 heteroatoms. The molecule has 22 heavy (non-hydrogen) atoms. The van der Waals surface area contributed by atoms with Crippen molar-refractivity contribution >= 4 is 33.8 Å². The van der Waals surface area contributed by atoms with Crippen LogP contribution in [0.15, 0.2) is 82.1 Å². The fourth-order valence-corrected chi connectivity index (χ4v) is 3.38. The summed E-state index contributed by atoms with van der Waals surface area (Å²) >= 11 is 2.33. The molecule has 0 saturated heterocycles. The number of hydrogen-bond acceptors (Lipinski definition) is 4. The van der Waals surface area contributed by atoms with Gasteiger partial charge in [-0.1, -0.05) is 54.2 Å². The molecule has 0 heterocycles. The molecule has 2 aromatic carbocycles. The molecule has 0 fully saturated rings. The maximum absolute atomic E-state index is 12.3. The number of allylic oxidation sites excluding steroid dienone is 1. The summed E-state index contributed by atoms with van der Waals surface area (Å²) in [6.07, 6.45) is 1.87. The van der Waals surface area contributed by atoms with Gasteiger partial charge in [0.25, 0.3) is 0 Å². The smallest absolute Gasteiger partial charge is 0.220 e. The standard InChI is InChI=1S/C18H16O2S2/c1-2-14(18(20)22-16-11-7-4-8-12-16)13-17(19)21-15-9-5-3-6-10-15/h2-12H,13H2,1H3/b14-2+. The summed E-state index contributed by atoms with van der Waals surface area (Å²) in [5, 5.41) is -0.1000. The van der Waals surface area contributed by atoms with Crippen molar-refractivity contribution in [2.75, 3.05) is 0 Å². The SMILES string of the molecule is C/C=C(\CC(=O)Sc1ccccc1)C(=O)Sc1ccccc1. The van der Waals surface area contributed by atoms with Crippen LogP contribution in [0.3, 0.4) is 0 Å². The second kappa shape index (κ2) is 8.61. The van der Waals surface area contributed by atoms with Crippen molar-refractivity contribution in [2.24, 2.45) is 0 Å². The normalized spacial score (nSPS) is 11.2. The van der Waals surface area contributed by atoms with E-state index in [1.165, 1.54) is 11.8 Å². The Morgan fingerprint density at radius 3 is 1.86 bits per heavy atom. The Hall–Kier alpha value is -1.78. The Bertz CT molecular complexity index is 664. The summed E-state index contributed by atoms with van der Waals surface area (Å²) in [6.45, 7) is 1.79. The second-order valence-electron chi connectivity index (χ2n) is 4.48. The first-order valence-electron chi connectivity index (χ1n) is 6.87. The highest BCUT2D eigenvalue weighted by molar-refractivity contribution is 8.14. The van der Waals surface area contributed by atoms with E-state index in [9.17, 15) is 9.59 Å². The molecule has 0 amide bonds. The third-order valence-corrected chi connectivity index (χ3v) is 4.71. The topological polar surface area (TPSA) is 34.1 Å². The highest BCUT2D eigenvalue weighted by Crippen LogP contribution is 2.26. The van der Waals surface area contributed by atoms with Crippen molar-refractivity contribution in [1.29, 1.82) is 0 Å². The first kappa shape index (κ1) is 16.6. The maximum atomic E-state index is 12.3. The highest BCUT2D eigenvalue weighted by Gasteiger charge is 2.15. The summed E-state index contributed by atoms with van der Waals surface area (Å²) < 4.78 is 0. The van der Waals surface area contributed by atoms with Crippen LogP contribution in [0, 0.1) is 0 Å². The zero-order valence-corrected chi connectivity index (χ0v) is 13.8. The Morgan fingerprint density at radius 1 is 0.864 bits per heavy atom. The first-order chi connectivity index (χ1) is 10.7. The second-order valence-corrected chi connectivity index (χ2v) is 6.66. The van der Waals surface area contributed by atoms with Gasteiger partial charge >= 0.3 is 0 Å².